The number of aromatic nitrogens is 1. The van der Waals surface area contributed by atoms with Gasteiger partial charge < -0.3 is 5.32 Å². The van der Waals surface area contributed by atoms with Crippen LogP contribution in [-0.2, 0) is 11.2 Å². The van der Waals surface area contributed by atoms with Gasteiger partial charge in [-0.3, -0.25) is 4.79 Å². The van der Waals surface area contributed by atoms with E-state index < -0.39 is 0 Å². The van der Waals surface area contributed by atoms with Crippen molar-refractivity contribution in [2.75, 3.05) is 5.32 Å². The Morgan fingerprint density at radius 1 is 1.16 bits per heavy atom. The molecule has 98 valence electrons. The fourth-order valence-electron chi connectivity index (χ4n) is 1.63. The first-order valence-electron chi connectivity index (χ1n) is 5.71. The molecule has 3 nitrogen and oxygen atoms in total. The van der Waals surface area contributed by atoms with E-state index in [1.807, 2.05) is 31.2 Å². The number of rotatable bonds is 3. The van der Waals surface area contributed by atoms with Gasteiger partial charge in [0.2, 0.25) is 5.91 Å². The first-order valence-corrected chi connectivity index (χ1v) is 6.47. The van der Waals surface area contributed by atoms with Crippen molar-refractivity contribution in [2.24, 2.45) is 0 Å². The molecule has 1 aromatic carbocycles. The van der Waals surface area contributed by atoms with Gasteiger partial charge in [-0.15, -0.1) is 0 Å². The van der Waals surface area contributed by atoms with Gasteiger partial charge in [-0.2, -0.15) is 0 Å². The van der Waals surface area contributed by atoms with Crippen LogP contribution in [0.25, 0.3) is 0 Å². The molecule has 0 saturated carbocycles. The molecule has 1 aromatic heterocycles. The standard InChI is InChI=1S/C14H12Cl2N2O/c1-9-2-4-10(5-3-9)6-14(19)17-11-7-12(15)18-13(16)8-11/h2-5,7-8H,6H2,1H3,(H,17,18,19). The number of hydrogen-bond acceptors (Lipinski definition) is 2. The number of aryl methyl sites for hydroxylation is 1. The predicted octanol–water partition coefficient (Wildman–Crippen LogP) is 3.88. The van der Waals surface area contributed by atoms with E-state index in [1.165, 1.54) is 0 Å². The van der Waals surface area contributed by atoms with Gasteiger partial charge in [0, 0.05) is 5.69 Å². The van der Waals surface area contributed by atoms with Crippen molar-refractivity contribution in [2.45, 2.75) is 13.3 Å². The van der Waals surface area contributed by atoms with Crippen molar-refractivity contribution in [3.05, 3.63) is 57.8 Å². The van der Waals surface area contributed by atoms with Crippen LogP contribution in [0.2, 0.25) is 10.3 Å². The van der Waals surface area contributed by atoms with E-state index in [0.29, 0.717) is 12.1 Å². The minimum Gasteiger partial charge on any atom is -0.326 e. The van der Waals surface area contributed by atoms with Crippen LogP contribution in [0.1, 0.15) is 11.1 Å². The lowest BCUT2D eigenvalue weighted by molar-refractivity contribution is -0.115. The molecule has 2 aromatic rings. The van der Waals surface area contributed by atoms with Crippen LogP contribution in [0, 0.1) is 6.92 Å². The summed E-state index contributed by atoms with van der Waals surface area (Å²) in [5.41, 5.74) is 2.66. The highest BCUT2D eigenvalue weighted by molar-refractivity contribution is 6.32. The number of pyridine rings is 1. The second kappa shape index (κ2) is 6.04. The Morgan fingerprint density at radius 2 is 1.74 bits per heavy atom. The van der Waals surface area contributed by atoms with Crippen LogP contribution in [-0.4, -0.2) is 10.9 Å². The number of anilines is 1. The van der Waals surface area contributed by atoms with E-state index in [1.54, 1.807) is 12.1 Å². The second-order valence-corrected chi connectivity index (χ2v) is 4.99. The summed E-state index contributed by atoms with van der Waals surface area (Å²) in [4.78, 5) is 15.7. The maximum Gasteiger partial charge on any atom is 0.228 e. The molecular formula is C14H12Cl2N2O. The molecule has 0 aliphatic heterocycles. The topological polar surface area (TPSA) is 42.0 Å². The monoisotopic (exact) mass is 294 g/mol. The zero-order chi connectivity index (χ0) is 13.8. The lowest BCUT2D eigenvalue weighted by atomic mass is 10.1. The van der Waals surface area contributed by atoms with E-state index in [0.717, 1.165) is 11.1 Å². The van der Waals surface area contributed by atoms with Gasteiger partial charge in [0.1, 0.15) is 10.3 Å². The molecule has 19 heavy (non-hydrogen) atoms. The van der Waals surface area contributed by atoms with Crippen molar-refractivity contribution < 1.29 is 4.79 Å². The molecule has 0 radical (unpaired) electrons. The molecule has 0 fully saturated rings. The molecular weight excluding hydrogens is 283 g/mol. The third kappa shape index (κ3) is 4.23. The molecule has 0 aliphatic carbocycles. The van der Waals surface area contributed by atoms with Gasteiger partial charge in [0.15, 0.2) is 0 Å². The quantitative estimate of drug-likeness (QED) is 0.873. The summed E-state index contributed by atoms with van der Waals surface area (Å²) in [6.45, 7) is 2.00. The molecule has 2 rings (SSSR count). The molecule has 0 aliphatic rings. The SMILES string of the molecule is Cc1ccc(CC(=O)Nc2cc(Cl)nc(Cl)c2)cc1. The van der Waals surface area contributed by atoms with Crippen LogP contribution in [0.4, 0.5) is 5.69 Å². The van der Waals surface area contributed by atoms with Gasteiger partial charge in [-0.25, -0.2) is 4.98 Å². The molecule has 0 spiro atoms. The third-order valence-electron chi connectivity index (χ3n) is 2.53. The Hall–Kier alpha value is -1.58. The smallest absolute Gasteiger partial charge is 0.228 e. The van der Waals surface area contributed by atoms with E-state index >= 15 is 0 Å². The summed E-state index contributed by atoms with van der Waals surface area (Å²) in [6, 6.07) is 10.9. The second-order valence-electron chi connectivity index (χ2n) is 4.21. The molecule has 1 amide bonds. The Morgan fingerprint density at radius 3 is 2.32 bits per heavy atom. The molecule has 0 bridgehead atoms. The maximum atomic E-state index is 11.9. The highest BCUT2D eigenvalue weighted by Crippen LogP contribution is 2.18. The highest BCUT2D eigenvalue weighted by Gasteiger charge is 2.06. The molecule has 0 unspecified atom stereocenters. The summed E-state index contributed by atoms with van der Waals surface area (Å²) in [7, 11) is 0. The minimum absolute atomic E-state index is 0.123. The van der Waals surface area contributed by atoms with Gasteiger partial charge in [-0.05, 0) is 24.6 Å². The number of carbonyl (C=O) groups is 1. The van der Waals surface area contributed by atoms with Crippen LogP contribution in [0.5, 0.6) is 0 Å². The Balaban J connectivity index is 2.03. The van der Waals surface area contributed by atoms with Crippen molar-refractivity contribution in [3.63, 3.8) is 0 Å². The zero-order valence-electron chi connectivity index (χ0n) is 10.3. The van der Waals surface area contributed by atoms with Crippen LogP contribution in [0.15, 0.2) is 36.4 Å². The normalized spacial score (nSPS) is 10.3. The Bertz CT molecular complexity index is 577. The number of hydrogen-bond donors (Lipinski definition) is 1. The molecule has 1 N–H and O–H groups in total. The number of carbonyl (C=O) groups excluding carboxylic acids is 1. The van der Waals surface area contributed by atoms with Crippen molar-refractivity contribution >= 4 is 34.8 Å². The van der Waals surface area contributed by atoms with E-state index in [-0.39, 0.29) is 16.2 Å². The number of benzene rings is 1. The molecule has 0 saturated heterocycles. The van der Waals surface area contributed by atoms with Gasteiger partial charge in [-0.1, -0.05) is 53.0 Å². The molecule has 1 heterocycles. The fourth-order valence-corrected chi connectivity index (χ4v) is 2.09. The molecule has 5 heteroatoms. The van der Waals surface area contributed by atoms with Gasteiger partial charge in [0.05, 0.1) is 6.42 Å². The summed E-state index contributed by atoms with van der Waals surface area (Å²) in [5, 5.41) is 3.24. The first kappa shape index (κ1) is 13.8. The highest BCUT2D eigenvalue weighted by atomic mass is 35.5. The van der Waals surface area contributed by atoms with Gasteiger partial charge in [0.25, 0.3) is 0 Å². The summed E-state index contributed by atoms with van der Waals surface area (Å²) in [5.74, 6) is -0.123. The largest absolute Gasteiger partial charge is 0.326 e. The lowest BCUT2D eigenvalue weighted by Gasteiger charge is -2.06. The van der Waals surface area contributed by atoms with Crippen molar-refractivity contribution in [1.82, 2.24) is 4.98 Å². The number of halogens is 2. The van der Waals surface area contributed by atoms with Crippen LogP contribution >= 0.6 is 23.2 Å². The lowest BCUT2D eigenvalue weighted by Crippen LogP contribution is -2.14. The summed E-state index contributed by atoms with van der Waals surface area (Å²) >= 11 is 11.5. The number of amides is 1. The summed E-state index contributed by atoms with van der Waals surface area (Å²) < 4.78 is 0. The predicted molar refractivity (Wildman–Crippen MR) is 77.8 cm³/mol. The number of nitrogens with one attached hydrogen (secondary N) is 1. The first-order chi connectivity index (χ1) is 9.02. The molecule has 0 atom stereocenters. The van der Waals surface area contributed by atoms with E-state index in [4.69, 9.17) is 23.2 Å². The van der Waals surface area contributed by atoms with Crippen molar-refractivity contribution in [3.8, 4) is 0 Å². The van der Waals surface area contributed by atoms with E-state index in [9.17, 15) is 4.79 Å². The Kier molecular flexibility index (Phi) is 4.40. The average Bonchev–Trinajstić information content (AvgIpc) is 2.30. The fraction of sp³-hybridized carbons (Fsp3) is 0.143. The zero-order valence-corrected chi connectivity index (χ0v) is 11.8. The average molecular weight is 295 g/mol. The van der Waals surface area contributed by atoms with Crippen LogP contribution < -0.4 is 5.32 Å². The maximum absolute atomic E-state index is 11.9. The van der Waals surface area contributed by atoms with Gasteiger partial charge >= 0.3 is 0 Å². The number of nitrogens with zero attached hydrogens (tertiary/aromatic N) is 1. The Labute approximate surface area is 121 Å². The summed E-state index contributed by atoms with van der Waals surface area (Å²) in [6.07, 6.45) is 0.303. The van der Waals surface area contributed by atoms with E-state index in [2.05, 4.69) is 10.3 Å². The van der Waals surface area contributed by atoms with Crippen LogP contribution in [0.3, 0.4) is 0 Å². The van der Waals surface area contributed by atoms with Crippen molar-refractivity contribution in [1.29, 1.82) is 0 Å². The third-order valence-corrected chi connectivity index (χ3v) is 2.92. The minimum atomic E-state index is -0.123.